The Morgan fingerprint density at radius 3 is 2.50 bits per heavy atom. The Labute approximate surface area is 26.3 Å². The zero-order valence-electron chi connectivity index (χ0n) is 2.49. The van der Waals surface area contributed by atoms with E-state index in [0.717, 1.165) is 0 Å². The molecule has 0 saturated heterocycles. The first-order valence-corrected chi connectivity index (χ1v) is 1.02. The maximum absolute atomic E-state index is 9.06. The summed E-state index contributed by atoms with van der Waals surface area (Å²) in [5, 5.41) is 2.25. The molecule has 0 rings (SSSR count). The Kier molecular flexibility index (Phi) is 2.14. The van der Waals surface area contributed by atoms with E-state index in [1.165, 1.54) is 0 Å². The summed E-state index contributed by atoms with van der Waals surface area (Å²) in [5.74, 6) is 0. The van der Waals surface area contributed by atoms with E-state index in [1.54, 1.807) is 7.05 Å². The standard InChI is InChI=1S/C2H5NO.H2/c1-3-2-4;/h2H,1H3,(H,3,4);1H. The molecule has 0 spiro atoms. The summed E-state index contributed by atoms with van der Waals surface area (Å²) in [6.45, 7) is 0. The van der Waals surface area contributed by atoms with Crippen molar-refractivity contribution in [1.82, 2.24) is 5.32 Å². The second kappa shape index (κ2) is 2.47. The van der Waals surface area contributed by atoms with E-state index in [1.807, 2.05) is 0 Å². The molecule has 2 heteroatoms. The van der Waals surface area contributed by atoms with Crippen molar-refractivity contribution >= 4 is 6.41 Å². The van der Waals surface area contributed by atoms with Crippen molar-refractivity contribution in [3.63, 3.8) is 0 Å². The van der Waals surface area contributed by atoms with Crippen molar-refractivity contribution in [3.8, 4) is 0 Å². The summed E-state index contributed by atoms with van der Waals surface area (Å²) in [5.41, 5.74) is 0. The van der Waals surface area contributed by atoms with E-state index in [4.69, 9.17) is 4.79 Å². The van der Waals surface area contributed by atoms with E-state index in [0.29, 0.717) is 6.41 Å². The summed E-state index contributed by atoms with van der Waals surface area (Å²) in [4.78, 5) is 9.06. The molecule has 1 N–H and O–H groups in total. The van der Waals surface area contributed by atoms with Crippen LogP contribution < -0.4 is 5.32 Å². The van der Waals surface area contributed by atoms with Gasteiger partial charge in [-0.15, -0.1) is 0 Å². The van der Waals surface area contributed by atoms with Gasteiger partial charge in [0.05, 0.1) is 0 Å². The van der Waals surface area contributed by atoms with Gasteiger partial charge in [0.2, 0.25) is 6.41 Å². The van der Waals surface area contributed by atoms with Crippen LogP contribution in [0.5, 0.6) is 0 Å². The molecule has 0 aliphatic rings. The molecule has 0 aromatic carbocycles. The van der Waals surface area contributed by atoms with Crippen molar-refractivity contribution in [2.75, 3.05) is 7.05 Å². The molecule has 0 bridgehead atoms. The number of nitrogens with one attached hydrogen (secondary N) is 1. The SMILES string of the molecule is CNC=O.[HH]. The smallest absolute Gasteiger partial charge is 0.206 e. The van der Waals surface area contributed by atoms with Crippen LogP contribution in [0.3, 0.4) is 0 Å². The normalized spacial score (nSPS) is 5.25. The first-order chi connectivity index (χ1) is 1.91. The minimum Gasteiger partial charge on any atom is -0.362 e. The molecule has 0 fully saturated rings. The minimum atomic E-state index is 0. The van der Waals surface area contributed by atoms with Crippen molar-refractivity contribution in [2.45, 2.75) is 0 Å². The van der Waals surface area contributed by atoms with Crippen molar-refractivity contribution in [3.05, 3.63) is 0 Å². The van der Waals surface area contributed by atoms with Crippen LogP contribution in [0.15, 0.2) is 0 Å². The summed E-state index contributed by atoms with van der Waals surface area (Å²) >= 11 is 0. The molecule has 1 amide bonds. The Bertz CT molecular complexity index is 23.6. The van der Waals surface area contributed by atoms with Gasteiger partial charge in [-0.2, -0.15) is 0 Å². The molecule has 0 unspecified atom stereocenters. The van der Waals surface area contributed by atoms with Gasteiger partial charge in [-0.1, -0.05) is 0 Å². The highest BCUT2D eigenvalue weighted by molar-refractivity contribution is 5.44. The monoisotopic (exact) mass is 61.1 g/mol. The molecule has 0 aromatic rings. The fourth-order valence-electron chi connectivity index (χ4n) is 0. The third kappa shape index (κ3) is 1.47. The van der Waals surface area contributed by atoms with E-state index in [9.17, 15) is 0 Å². The quantitative estimate of drug-likeness (QED) is 0.411. The molecule has 0 heterocycles. The third-order valence-corrected chi connectivity index (χ3v) is 0.118. The molecule has 0 radical (unpaired) electrons. The number of amides is 1. The lowest BCUT2D eigenvalue weighted by Crippen LogP contribution is -1.98. The van der Waals surface area contributed by atoms with Crippen LogP contribution in [-0.4, -0.2) is 13.5 Å². The van der Waals surface area contributed by atoms with Crippen LogP contribution >= 0.6 is 0 Å². The summed E-state index contributed by atoms with van der Waals surface area (Å²) in [6.07, 6.45) is 0.625. The lowest BCUT2D eigenvalue weighted by atomic mass is 11.2. The van der Waals surface area contributed by atoms with Crippen molar-refractivity contribution in [2.24, 2.45) is 0 Å². The van der Waals surface area contributed by atoms with Gasteiger partial charge in [-0.25, -0.2) is 0 Å². The van der Waals surface area contributed by atoms with Crippen LogP contribution in [0.2, 0.25) is 0 Å². The predicted octanol–water partition coefficient (Wildman–Crippen LogP) is -0.392. The Hall–Kier alpha value is -0.530. The van der Waals surface area contributed by atoms with E-state index in [-0.39, 0.29) is 1.43 Å². The predicted molar refractivity (Wildman–Crippen MR) is 17.2 cm³/mol. The summed E-state index contributed by atoms with van der Waals surface area (Å²) in [7, 11) is 1.56. The molecule has 0 saturated carbocycles. The molecular formula is C2H7NO. The van der Waals surface area contributed by atoms with Crippen LogP contribution in [0, 0.1) is 0 Å². The van der Waals surface area contributed by atoms with Gasteiger partial charge in [0.25, 0.3) is 0 Å². The third-order valence-electron chi connectivity index (χ3n) is 0.118. The molecule has 0 atom stereocenters. The molecule has 26 valence electrons. The Balaban J connectivity index is 0. The largest absolute Gasteiger partial charge is 0.362 e. The number of carbonyl (C=O) groups is 1. The van der Waals surface area contributed by atoms with Crippen LogP contribution in [0.25, 0.3) is 0 Å². The first-order valence-electron chi connectivity index (χ1n) is 1.02. The Morgan fingerprint density at radius 1 is 2.25 bits per heavy atom. The maximum atomic E-state index is 9.06. The van der Waals surface area contributed by atoms with E-state index < -0.39 is 0 Å². The van der Waals surface area contributed by atoms with Crippen molar-refractivity contribution in [1.29, 1.82) is 0 Å². The fourth-order valence-corrected chi connectivity index (χ4v) is 0. The molecular weight excluding hydrogens is 54.0 g/mol. The first kappa shape index (κ1) is 3.47. The van der Waals surface area contributed by atoms with Gasteiger partial charge in [-0.05, 0) is 0 Å². The van der Waals surface area contributed by atoms with Gasteiger partial charge in [0.15, 0.2) is 0 Å². The average molecular weight is 61.1 g/mol. The average Bonchev–Trinajstić information content (AvgIpc) is 1.37. The van der Waals surface area contributed by atoms with Crippen LogP contribution in [-0.2, 0) is 4.79 Å². The zero-order chi connectivity index (χ0) is 3.41. The number of hydrogen-bond donors (Lipinski definition) is 1. The second-order valence-electron chi connectivity index (χ2n) is 0.407. The topological polar surface area (TPSA) is 29.1 Å². The highest BCUT2D eigenvalue weighted by atomic mass is 16.1. The second-order valence-corrected chi connectivity index (χ2v) is 0.407. The Morgan fingerprint density at radius 2 is 2.50 bits per heavy atom. The van der Waals surface area contributed by atoms with Crippen LogP contribution in [0.1, 0.15) is 1.43 Å². The molecule has 0 aliphatic heterocycles. The van der Waals surface area contributed by atoms with Crippen molar-refractivity contribution < 1.29 is 6.22 Å². The minimum absolute atomic E-state index is 0. The summed E-state index contributed by atoms with van der Waals surface area (Å²) in [6, 6.07) is 0. The van der Waals surface area contributed by atoms with Gasteiger partial charge in [0.1, 0.15) is 0 Å². The molecule has 4 heavy (non-hydrogen) atoms. The molecule has 0 aliphatic carbocycles. The number of rotatable bonds is 1. The fraction of sp³-hybridized carbons (Fsp3) is 0.500. The lowest BCUT2D eigenvalue weighted by Gasteiger charge is -1.64. The lowest BCUT2D eigenvalue weighted by molar-refractivity contribution is -0.109. The number of carbonyl (C=O) groups excluding carboxylic acids is 1. The number of hydrogen-bond acceptors (Lipinski definition) is 1. The van der Waals surface area contributed by atoms with Gasteiger partial charge in [-0.3, -0.25) is 4.79 Å². The van der Waals surface area contributed by atoms with Crippen LogP contribution in [0.4, 0.5) is 0 Å². The van der Waals surface area contributed by atoms with E-state index >= 15 is 0 Å². The maximum Gasteiger partial charge on any atom is 0.206 e. The highest BCUT2D eigenvalue weighted by Crippen LogP contribution is 1.09. The van der Waals surface area contributed by atoms with Gasteiger partial charge >= 0.3 is 0 Å². The van der Waals surface area contributed by atoms with E-state index in [2.05, 4.69) is 5.32 Å². The molecule has 2 nitrogen and oxygen atoms in total. The van der Waals surface area contributed by atoms with Gasteiger partial charge < -0.3 is 5.32 Å². The summed E-state index contributed by atoms with van der Waals surface area (Å²) < 4.78 is 0. The molecule has 0 aromatic heterocycles. The highest BCUT2D eigenvalue weighted by Gasteiger charge is 1.43. The zero-order valence-corrected chi connectivity index (χ0v) is 2.49. The van der Waals surface area contributed by atoms with Gasteiger partial charge in [0, 0.05) is 8.47 Å².